The lowest BCUT2D eigenvalue weighted by molar-refractivity contribution is -0.133. The van der Waals surface area contributed by atoms with Crippen molar-refractivity contribution in [2.24, 2.45) is 0 Å². The van der Waals surface area contributed by atoms with Crippen molar-refractivity contribution >= 4 is 29.1 Å². The van der Waals surface area contributed by atoms with Gasteiger partial charge in [0.1, 0.15) is 10.9 Å². The van der Waals surface area contributed by atoms with Crippen LogP contribution in [0.2, 0.25) is 5.15 Å². The van der Waals surface area contributed by atoms with E-state index in [0.717, 1.165) is 11.1 Å². The van der Waals surface area contributed by atoms with Gasteiger partial charge in [-0.15, -0.1) is 0 Å². The molecule has 0 atom stereocenters. The minimum atomic E-state index is -0.378. The standard InChI is InChI=1S/C24H22ClN3O5/c1-31-20-7-3-5-15(22(20)32-2)12-28-13-16-11-17(8-9-19(16)33-14-21(28)29)27-24(30)18-6-4-10-26-23(18)25/h3-11H,12-14H2,1-2H3,(H,27,30). The first-order chi connectivity index (χ1) is 16.0. The lowest BCUT2D eigenvalue weighted by Crippen LogP contribution is -2.32. The minimum absolute atomic E-state index is 0.0870. The second-order valence-corrected chi connectivity index (χ2v) is 7.67. The quantitative estimate of drug-likeness (QED) is 0.552. The lowest BCUT2D eigenvalue weighted by atomic mass is 10.1. The van der Waals surface area contributed by atoms with Crippen LogP contribution in [-0.4, -0.2) is 42.5 Å². The van der Waals surface area contributed by atoms with E-state index in [0.29, 0.717) is 36.0 Å². The summed E-state index contributed by atoms with van der Waals surface area (Å²) in [6.07, 6.45) is 1.52. The molecule has 0 saturated heterocycles. The highest BCUT2D eigenvalue weighted by atomic mass is 35.5. The number of rotatable bonds is 6. The van der Waals surface area contributed by atoms with Gasteiger partial charge >= 0.3 is 0 Å². The van der Waals surface area contributed by atoms with E-state index >= 15 is 0 Å². The van der Waals surface area contributed by atoms with Crippen molar-refractivity contribution in [1.29, 1.82) is 0 Å². The molecule has 0 fully saturated rings. The molecule has 0 saturated carbocycles. The second-order valence-electron chi connectivity index (χ2n) is 7.31. The van der Waals surface area contributed by atoms with Gasteiger partial charge < -0.3 is 24.4 Å². The summed E-state index contributed by atoms with van der Waals surface area (Å²) < 4.78 is 16.6. The molecule has 170 valence electrons. The Morgan fingerprint density at radius 2 is 2.03 bits per heavy atom. The van der Waals surface area contributed by atoms with E-state index in [-0.39, 0.29) is 29.1 Å². The molecule has 0 aliphatic carbocycles. The van der Waals surface area contributed by atoms with Crippen LogP contribution < -0.4 is 19.5 Å². The van der Waals surface area contributed by atoms with Crippen molar-refractivity contribution in [1.82, 2.24) is 9.88 Å². The molecule has 2 heterocycles. The fraction of sp³-hybridized carbons (Fsp3) is 0.208. The van der Waals surface area contributed by atoms with E-state index in [1.807, 2.05) is 12.1 Å². The number of hydrogen-bond donors (Lipinski definition) is 1. The Balaban J connectivity index is 1.57. The molecule has 1 aromatic heterocycles. The number of hydrogen-bond acceptors (Lipinski definition) is 6. The van der Waals surface area contributed by atoms with Gasteiger partial charge in [0.2, 0.25) is 0 Å². The maximum atomic E-state index is 12.8. The molecule has 0 spiro atoms. The molecule has 1 aliphatic rings. The number of methoxy groups -OCH3 is 2. The van der Waals surface area contributed by atoms with Crippen LogP contribution in [0, 0.1) is 0 Å². The Kier molecular flexibility index (Phi) is 6.65. The number of carbonyl (C=O) groups is 2. The Bertz CT molecular complexity index is 1200. The number of pyridine rings is 1. The number of carbonyl (C=O) groups excluding carboxylic acids is 2. The maximum absolute atomic E-state index is 12.8. The van der Waals surface area contributed by atoms with Crippen LogP contribution in [0.5, 0.6) is 17.2 Å². The number of para-hydroxylation sites is 1. The summed E-state index contributed by atoms with van der Waals surface area (Å²) in [5.41, 5.74) is 2.39. The van der Waals surface area contributed by atoms with E-state index in [1.54, 1.807) is 55.5 Å². The third-order valence-corrected chi connectivity index (χ3v) is 5.53. The third kappa shape index (κ3) is 4.85. The molecule has 4 rings (SSSR count). The molecular weight excluding hydrogens is 446 g/mol. The van der Waals surface area contributed by atoms with Crippen molar-refractivity contribution in [2.75, 3.05) is 26.1 Å². The van der Waals surface area contributed by atoms with Gasteiger partial charge in [-0.3, -0.25) is 9.59 Å². The molecular formula is C24H22ClN3O5. The van der Waals surface area contributed by atoms with Crippen LogP contribution >= 0.6 is 11.6 Å². The first-order valence-corrected chi connectivity index (χ1v) is 10.5. The summed E-state index contributed by atoms with van der Waals surface area (Å²) in [6.45, 7) is 0.520. The van der Waals surface area contributed by atoms with Crippen LogP contribution in [0.3, 0.4) is 0 Å². The van der Waals surface area contributed by atoms with Crippen molar-refractivity contribution < 1.29 is 23.8 Å². The van der Waals surface area contributed by atoms with Crippen molar-refractivity contribution in [3.8, 4) is 17.2 Å². The minimum Gasteiger partial charge on any atom is -0.493 e. The zero-order valence-corrected chi connectivity index (χ0v) is 18.9. The number of fused-ring (bicyclic) bond motifs is 1. The van der Waals surface area contributed by atoms with E-state index in [2.05, 4.69) is 10.3 Å². The van der Waals surface area contributed by atoms with E-state index in [1.165, 1.54) is 6.20 Å². The normalized spacial score (nSPS) is 12.9. The first-order valence-electron chi connectivity index (χ1n) is 10.2. The average molecular weight is 468 g/mol. The van der Waals surface area contributed by atoms with Crippen molar-refractivity contribution in [2.45, 2.75) is 13.1 Å². The fourth-order valence-electron chi connectivity index (χ4n) is 3.63. The van der Waals surface area contributed by atoms with Crippen LogP contribution in [0.15, 0.2) is 54.7 Å². The second kappa shape index (κ2) is 9.79. The predicted molar refractivity (Wildman–Crippen MR) is 123 cm³/mol. The number of benzene rings is 2. The monoisotopic (exact) mass is 467 g/mol. The molecule has 3 aromatic rings. The molecule has 1 aliphatic heterocycles. The van der Waals surface area contributed by atoms with Crippen LogP contribution in [0.4, 0.5) is 5.69 Å². The number of nitrogens with zero attached hydrogens (tertiary/aromatic N) is 2. The van der Waals surface area contributed by atoms with Crippen LogP contribution in [0.1, 0.15) is 21.5 Å². The smallest absolute Gasteiger partial charge is 0.261 e. The van der Waals surface area contributed by atoms with Gasteiger partial charge in [0.05, 0.1) is 19.8 Å². The highest BCUT2D eigenvalue weighted by molar-refractivity contribution is 6.33. The van der Waals surface area contributed by atoms with Gasteiger partial charge in [-0.05, 0) is 36.4 Å². The van der Waals surface area contributed by atoms with Gasteiger partial charge in [-0.1, -0.05) is 23.7 Å². The molecule has 2 amide bonds. The van der Waals surface area contributed by atoms with Gasteiger partial charge in [-0.25, -0.2) is 4.98 Å². The van der Waals surface area contributed by atoms with Gasteiger partial charge in [-0.2, -0.15) is 0 Å². The van der Waals surface area contributed by atoms with E-state index in [9.17, 15) is 9.59 Å². The third-order valence-electron chi connectivity index (χ3n) is 5.23. The Morgan fingerprint density at radius 1 is 1.18 bits per heavy atom. The number of aromatic nitrogens is 1. The topological polar surface area (TPSA) is 90.0 Å². The summed E-state index contributed by atoms with van der Waals surface area (Å²) in [5, 5.41) is 2.94. The summed E-state index contributed by atoms with van der Waals surface area (Å²) in [4.78, 5) is 31.0. The largest absolute Gasteiger partial charge is 0.493 e. The zero-order valence-electron chi connectivity index (χ0n) is 18.1. The summed E-state index contributed by atoms with van der Waals surface area (Å²) in [7, 11) is 3.13. The molecule has 0 unspecified atom stereocenters. The maximum Gasteiger partial charge on any atom is 0.261 e. The first kappa shape index (κ1) is 22.4. The fourth-order valence-corrected chi connectivity index (χ4v) is 3.83. The Morgan fingerprint density at radius 3 is 2.79 bits per heavy atom. The van der Waals surface area contributed by atoms with E-state index < -0.39 is 0 Å². The lowest BCUT2D eigenvalue weighted by Gasteiger charge is -2.22. The van der Waals surface area contributed by atoms with Crippen molar-refractivity contribution in [3.05, 3.63) is 76.6 Å². The molecule has 9 heteroatoms. The highest BCUT2D eigenvalue weighted by Crippen LogP contribution is 2.33. The summed E-state index contributed by atoms with van der Waals surface area (Å²) in [5.74, 6) is 1.21. The molecule has 33 heavy (non-hydrogen) atoms. The van der Waals surface area contributed by atoms with Gasteiger partial charge in [0.15, 0.2) is 18.1 Å². The highest BCUT2D eigenvalue weighted by Gasteiger charge is 2.24. The van der Waals surface area contributed by atoms with Crippen LogP contribution in [0.25, 0.3) is 0 Å². The number of amides is 2. The van der Waals surface area contributed by atoms with E-state index in [4.69, 9.17) is 25.8 Å². The predicted octanol–water partition coefficient (Wildman–Crippen LogP) is 3.93. The average Bonchev–Trinajstić information content (AvgIpc) is 2.97. The number of ether oxygens (including phenoxy) is 3. The van der Waals surface area contributed by atoms with Gasteiger partial charge in [0.25, 0.3) is 11.8 Å². The number of nitrogens with one attached hydrogen (secondary N) is 1. The SMILES string of the molecule is COc1cccc(CN2Cc3cc(NC(=O)c4cccnc4Cl)ccc3OCC2=O)c1OC. The molecule has 1 N–H and O–H groups in total. The number of anilines is 1. The Labute approximate surface area is 196 Å². The molecule has 0 bridgehead atoms. The Hall–Kier alpha value is -3.78. The molecule has 8 nitrogen and oxygen atoms in total. The van der Waals surface area contributed by atoms with Crippen LogP contribution in [-0.2, 0) is 17.9 Å². The van der Waals surface area contributed by atoms with Crippen molar-refractivity contribution in [3.63, 3.8) is 0 Å². The molecule has 2 aromatic carbocycles. The molecule has 0 radical (unpaired) electrons. The summed E-state index contributed by atoms with van der Waals surface area (Å²) >= 11 is 6.03. The summed E-state index contributed by atoms with van der Waals surface area (Å²) in [6, 6.07) is 14.0. The van der Waals surface area contributed by atoms with Gasteiger partial charge in [0, 0.05) is 36.1 Å². The zero-order chi connectivity index (χ0) is 23.4. The number of halogens is 1.